The molecule has 0 aromatic heterocycles. The lowest BCUT2D eigenvalue weighted by atomic mass is 9.75. The van der Waals surface area contributed by atoms with E-state index in [9.17, 15) is 0 Å². The summed E-state index contributed by atoms with van der Waals surface area (Å²) in [4.78, 5) is 0. The summed E-state index contributed by atoms with van der Waals surface area (Å²) in [5, 5.41) is 3.86. The molecule has 4 rings (SSSR count). The van der Waals surface area contributed by atoms with Gasteiger partial charge in [0.1, 0.15) is 5.75 Å². The number of nitrogens with one attached hydrogen (secondary N) is 1. The molecule has 0 radical (unpaired) electrons. The van der Waals surface area contributed by atoms with Gasteiger partial charge >= 0.3 is 0 Å². The van der Waals surface area contributed by atoms with Gasteiger partial charge in [-0.25, -0.2) is 0 Å². The normalized spacial score (nSPS) is 35.5. The van der Waals surface area contributed by atoms with Crippen LogP contribution in [0.5, 0.6) is 5.75 Å². The number of rotatable bonds is 5. The molecule has 1 aromatic rings. The van der Waals surface area contributed by atoms with Crippen LogP contribution >= 0.6 is 0 Å². The predicted molar refractivity (Wildman–Crippen MR) is 82.8 cm³/mol. The Bertz CT molecular complexity index is 494. The molecule has 0 bridgehead atoms. The van der Waals surface area contributed by atoms with Gasteiger partial charge < -0.3 is 14.8 Å². The average molecular weight is 287 g/mol. The van der Waals surface area contributed by atoms with Gasteiger partial charge in [0.15, 0.2) is 0 Å². The van der Waals surface area contributed by atoms with E-state index < -0.39 is 0 Å². The molecule has 1 N–H and O–H groups in total. The van der Waals surface area contributed by atoms with Crippen molar-refractivity contribution in [1.29, 1.82) is 0 Å². The van der Waals surface area contributed by atoms with Gasteiger partial charge in [-0.1, -0.05) is 18.2 Å². The van der Waals surface area contributed by atoms with Gasteiger partial charge in [-0.15, -0.1) is 0 Å². The van der Waals surface area contributed by atoms with Gasteiger partial charge in [-0.3, -0.25) is 0 Å². The summed E-state index contributed by atoms with van der Waals surface area (Å²) in [5.41, 5.74) is 1.37. The Morgan fingerprint density at radius 2 is 1.95 bits per heavy atom. The van der Waals surface area contributed by atoms with Crippen molar-refractivity contribution in [3.63, 3.8) is 0 Å². The van der Waals surface area contributed by atoms with Crippen LogP contribution in [-0.2, 0) is 4.74 Å². The molecule has 2 aliphatic carbocycles. The van der Waals surface area contributed by atoms with Crippen molar-refractivity contribution in [2.45, 2.75) is 56.2 Å². The van der Waals surface area contributed by atoms with Crippen LogP contribution in [-0.4, -0.2) is 31.9 Å². The number of para-hydroxylation sites is 1. The number of benzene rings is 1. The van der Waals surface area contributed by atoms with Crippen molar-refractivity contribution in [2.75, 3.05) is 13.7 Å². The van der Waals surface area contributed by atoms with Crippen molar-refractivity contribution < 1.29 is 9.47 Å². The standard InChI is InChI=1S/C18H25NO2/c1-20-17-5-3-2-4-15(17)13-10-14(11-13)19-16-8-9-21-18(16)12-6-7-12/h2-5,12-14,16,18-19H,6-11H2,1H3. The molecular formula is C18H25NO2. The molecule has 2 unspecified atom stereocenters. The van der Waals surface area contributed by atoms with E-state index in [4.69, 9.17) is 9.47 Å². The minimum absolute atomic E-state index is 0.496. The van der Waals surface area contributed by atoms with Gasteiger partial charge in [0.25, 0.3) is 0 Å². The second kappa shape index (κ2) is 5.62. The quantitative estimate of drug-likeness (QED) is 0.902. The Hall–Kier alpha value is -1.06. The molecule has 3 aliphatic rings. The Morgan fingerprint density at radius 3 is 2.71 bits per heavy atom. The molecule has 3 fully saturated rings. The van der Waals surface area contributed by atoms with Crippen LogP contribution in [0.4, 0.5) is 0 Å². The molecule has 2 saturated carbocycles. The lowest BCUT2D eigenvalue weighted by Gasteiger charge is -2.39. The fraction of sp³-hybridized carbons (Fsp3) is 0.667. The van der Waals surface area contributed by atoms with E-state index in [0.29, 0.717) is 24.1 Å². The number of ether oxygens (including phenoxy) is 2. The molecule has 0 spiro atoms. The zero-order valence-corrected chi connectivity index (χ0v) is 12.8. The first-order valence-corrected chi connectivity index (χ1v) is 8.35. The summed E-state index contributed by atoms with van der Waals surface area (Å²) in [6, 6.07) is 9.71. The topological polar surface area (TPSA) is 30.5 Å². The van der Waals surface area contributed by atoms with Crippen molar-refractivity contribution in [1.82, 2.24) is 5.32 Å². The van der Waals surface area contributed by atoms with E-state index in [-0.39, 0.29) is 0 Å². The van der Waals surface area contributed by atoms with Crippen molar-refractivity contribution in [3.8, 4) is 5.75 Å². The maximum Gasteiger partial charge on any atom is 0.122 e. The second-order valence-corrected chi connectivity index (χ2v) is 6.84. The second-order valence-electron chi connectivity index (χ2n) is 6.84. The number of hydrogen-bond donors (Lipinski definition) is 1. The van der Waals surface area contributed by atoms with Gasteiger partial charge in [0.2, 0.25) is 0 Å². The Kier molecular flexibility index (Phi) is 3.64. The maximum absolute atomic E-state index is 5.92. The van der Waals surface area contributed by atoms with Crippen LogP contribution in [0.25, 0.3) is 0 Å². The summed E-state index contributed by atoms with van der Waals surface area (Å²) >= 11 is 0. The number of hydrogen-bond acceptors (Lipinski definition) is 3. The van der Waals surface area contributed by atoms with Gasteiger partial charge in [-0.2, -0.15) is 0 Å². The van der Waals surface area contributed by atoms with E-state index in [0.717, 1.165) is 18.3 Å². The maximum atomic E-state index is 5.92. The largest absolute Gasteiger partial charge is 0.496 e. The molecule has 1 aliphatic heterocycles. The first-order chi connectivity index (χ1) is 10.3. The molecule has 0 amide bonds. The zero-order valence-electron chi connectivity index (χ0n) is 12.8. The van der Waals surface area contributed by atoms with Crippen LogP contribution in [0.2, 0.25) is 0 Å². The zero-order chi connectivity index (χ0) is 14.2. The molecule has 2 atom stereocenters. The first-order valence-electron chi connectivity index (χ1n) is 8.35. The molecule has 1 aromatic carbocycles. The first kappa shape index (κ1) is 13.6. The molecular weight excluding hydrogens is 262 g/mol. The third kappa shape index (κ3) is 2.69. The van der Waals surface area contributed by atoms with E-state index in [1.807, 2.05) is 6.07 Å². The van der Waals surface area contributed by atoms with E-state index >= 15 is 0 Å². The SMILES string of the molecule is COc1ccccc1C1CC(NC2CCOC2C2CC2)C1. The highest BCUT2D eigenvalue weighted by molar-refractivity contribution is 5.37. The summed E-state index contributed by atoms with van der Waals surface area (Å²) < 4.78 is 11.4. The van der Waals surface area contributed by atoms with Gasteiger partial charge in [0.05, 0.1) is 13.2 Å². The van der Waals surface area contributed by atoms with Crippen LogP contribution < -0.4 is 10.1 Å². The van der Waals surface area contributed by atoms with Gasteiger partial charge in [-0.05, 0) is 55.6 Å². The fourth-order valence-electron chi connectivity index (χ4n) is 3.99. The lowest BCUT2D eigenvalue weighted by Crippen LogP contribution is -2.49. The van der Waals surface area contributed by atoms with E-state index in [2.05, 4.69) is 23.5 Å². The Labute approximate surface area is 127 Å². The molecule has 21 heavy (non-hydrogen) atoms. The summed E-state index contributed by atoms with van der Waals surface area (Å²) in [7, 11) is 1.77. The van der Waals surface area contributed by atoms with Crippen LogP contribution in [0.15, 0.2) is 24.3 Å². The highest BCUT2D eigenvalue weighted by Gasteiger charge is 2.42. The average Bonchev–Trinajstić information content (AvgIpc) is 3.22. The molecule has 3 nitrogen and oxygen atoms in total. The minimum Gasteiger partial charge on any atom is -0.496 e. The van der Waals surface area contributed by atoms with E-state index in [1.54, 1.807) is 7.11 Å². The highest BCUT2D eigenvalue weighted by Crippen LogP contribution is 2.43. The Balaban J connectivity index is 1.33. The van der Waals surface area contributed by atoms with E-state index in [1.165, 1.54) is 37.7 Å². The number of methoxy groups -OCH3 is 1. The van der Waals surface area contributed by atoms with Crippen LogP contribution in [0, 0.1) is 5.92 Å². The monoisotopic (exact) mass is 287 g/mol. The summed E-state index contributed by atoms with van der Waals surface area (Å²) in [6.45, 7) is 0.946. The third-order valence-corrected chi connectivity index (χ3v) is 5.39. The van der Waals surface area contributed by atoms with Crippen LogP contribution in [0.3, 0.4) is 0 Å². The summed E-state index contributed by atoms with van der Waals surface area (Å²) in [5.74, 6) is 2.54. The van der Waals surface area contributed by atoms with Gasteiger partial charge in [0, 0.05) is 18.7 Å². The lowest BCUT2D eigenvalue weighted by molar-refractivity contribution is 0.0749. The Morgan fingerprint density at radius 1 is 1.14 bits per heavy atom. The minimum atomic E-state index is 0.496. The molecule has 1 saturated heterocycles. The van der Waals surface area contributed by atoms with Crippen molar-refractivity contribution >= 4 is 0 Å². The molecule has 1 heterocycles. The van der Waals surface area contributed by atoms with Crippen LogP contribution in [0.1, 0.15) is 43.6 Å². The fourth-order valence-corrected chi connectivity index (χ4v) is 3.99. The molecule has 3 heteroatoms. The van der Waals surface area contributed by atoms with Crippen molar-refractivity contribution in [2.24, 2.45) is 5.92 Å². The highest BCUT2D eigenvalue weighted by atomic mass is 16.5. The summed E-state index contributed by atoms with van der Waals surface area (Å²) in [6.07, 6.45) is 6.89. The smallest absolute Gasteiger partial charge is 0.122 e. The van der Waals surface area contributed by atoms with Crippen molar-refractivity contribution in [3.05, 3.63) is 29.8 Å². The predicted octanol–water partition coefficient (Wildman–Crippen LogP) is 3.10. The molecule has 114 valence electrons. The third-order valence-electron chi connectivity index (χ3n) is 5.39.